The number of rotatable bonds is 5. The van der Waals surface area contributed by atoms with E-state index in [1.807, 2.05) is 16.8 Å². The normalized spacial score (nSPS) is 18.5. The molecule has 1 fully saturated rings. The van der Waals surface area contributed by atoms with E-state index in [9.17, 15) is 0 Å². The third-order valence-electron chi connectivity index (χ3n) is 4.86. The molecule has 0 amide bonds. The predicted molar refractivity (Wildman–Crippen MR) is 96.3 cm³/mol. The Hall–Kier alpha value is -1.17. The third kappa shape index (κ3) is 3.44. The molecule has 3 rings (SSSR count). The van der Waals surface area contributed by atoms with E-state index >= 15 is 0 Å². The number of halogens is 2. The van der Waals surface area contributed by atoms with Crippen molar-refractivity contribution in [3.8, 4) is 0 Å². The molecule has 1 saturated carbocycles. The molecule has 0 bridgehead atoms. The van der Waals surface area contributed by atoms with Crippen LogP contribution in [0.1, 0.15) is 69.3 Å². The number of hydrogen-bond acceptors (Lipinski definition) is 4. The number of aromatic nitrogens is 4. The van der Waals surface area contributed by atoms with Gasteiger partial charge in [0.2, 0.25) is 0 Å². The maximum absolute atomic E-state index is 6.68. The van der Waals surface area contributed by atoms with Crippen LogP contribution in [0.2, 0.25) is 10.0 Å². The molecule has 1 heterocycles. The van der Waals surface area contributed by atoms with Gasteiger partial charge in [0.15, 0.2) is 5.82 Å². The van der Waals surface area contributed by atoms with Gasteiger partial charge in [0.25, 0.3) is 0 Å². The van der Waals surface area contributed by atoms with Crippen molar-refractivity contribution in [3.05, 3.63) is 39.6 Å². The van der Waals surface area contributed by atoms with Gasteiger partial charge in [-0.15, -0.1) is 5.10 Å². The summed E-state index contributed by atoms with van der Waals surface area (Å²) in [6, 6.07) is 5.55. The van der Waals surface area contributed by atoms with Gasteiger partial charge in [-0.05, 0) is 47.4 Å². The highest BCUT2D eigenvalue weighted by Crippen LogP contribution is 2.37. The average Bonchev–Trinajstić information content (AvgIpc) is 3.04. The first-order chi connectivity index (χ1) is 11.5. The standard InChI is InChI=1S/C17H23Cl2N5/c1-2-6-15(13-8-7-12(18)11-14(13)19)24-16(21-22-23-24)17(20)9-4-3-5-10-17/h7-8,11,15H,2-6,9-10,20H2,1H3. The molecule has 2 N–H and O–H groups in total. The number of nitrogens with zero attached hydrogens (tertiary/aromatic N) is 4. The van der Waals surface area contributed by atoms with Crippen molar-refractivity contribution < 1.29 is 0 Å². The van der Waals surface area contributed by atoms with Gasteiger partial charge in [0.05, 0.1) is 11.6 Å². The molecular weight excluding hydrogens is 345 g/mol. The van der Waals surface area contributed by atoms with Crippen LogP contribution in [0.25, 0.3) is 0 Å². The predicted octanol–water partition coefficient (Wildman–Crippen LogP) is 4.49. The lowest BCUT2D eigenvalue weighted by Gasteiger charge is -2.33. The number of nitrogens with two attached hydrogens (primary N) is 1. The zero-order valence-corrected chi connectivity index (χ0v) is 15.4. The first-order valence-corrected chi connectivity index (χ1v) is 9.33. The van der Waals surface area contributed by atoms with Crippen LogP contribution in [-0.2, 0) is 5.54 Å². The molecule has 7 heteroatoms. The average molecular weight is 368 g/mol. The summed E-state index contributed by atoms with van der Waals surface area (Å²) < 4.78 is 1.88. The Kier molecular flexibility index (Phi) is 5.42. The Balaban J connectivity index is 2.02. The quantitative estimate of drug-likeness (QED) is 0.844. The van der Waals surface area contributed by atoms with Gasteiger partial charge in [-0.3, -0.25) is 0 Å². The first kappa shape index (κ1) is 17.6. The SMILES string of the molecule is CCCC(c1ccc(Cl)cc1Cl)n1nnnc1C1(N)CCCCC1. The fourth-order valence-electron chi connectivity index (χ4n) is 3.59. The van der Waals surface area contributed by atoms with Crippen LogP contribution in [0.4, 0.5) is 0 Å². The number of benzene rings is 1. The summed E-state index contributed by atoms with van der Waals surface area (Å²) in [6.45, 7) is 2.14. The lowest BCUT2D eigenvalue weighted by atomic mass is 9.81. The van der Waals surface area contributed by atoms with Crippen LogP contribution >= 0.6 is 23.2 Å². The minimum absolute atomic E-state index is 0.0351. The third-order valence-corrected chi connectivity index (χ3v) is 5.43. The van der Waals surface area contributed by atoms with Crippen LogP contribution in [-0.4, -0.2) is 20.2 Å². The molecule has 1 atom stereocenters. The second kappa shape index (κ2) is 7.38. The van der Waals surface area contributed by atoms with Gasteiger partial charge in [0.1, 0.15) is 0 Å². The first-order valence-electron chi connectivity index (χ1n) is 8.57. The second-order valence-electron chi connectivity index (χ2n) is 6.63. The van der Waals surface area contributed by atoms with E-state index in [1.165, 1.54) is 6.42 Å². The Labute approximate surface area is 152 Å². The number of tetrazole rings is 1. The molecule has 1 aliphatic carbocycles. The highest BCUT2D eigenvalue weighted by Gasteiger charge is 2.36. The molecule has 0 saturated heterocycles. The zero-order chi connectivity index (χ0) is 17.2. The van der Waals surface area contributed by atoms with Gasteiger partial charge in [-0.25, -0.2) is 4.68 Å². The highest BCUT2D eigenvalue weighted by atomic mass is 35.5. The molecule has 1 unspecified atom stereocenters. The van der Waals surface area contributed by atoms with Crippen LogP contribution in [0.15, 0.2) is 18.2 Å². The van der Waals surface area contributed by atoms with Crippen LogP contribution < -0.4 is 5.73 Å². The highest BCUT2D eigenvalue weighted by molar-refractivity contribution is 6.35. The molecule has 24 heavy (non-hydrogen) atoms. The van der Waals surface area contributed by atoms with E-state index in [1.54, 1.807) is 6.07 Å². The van der Waals surface area contributed by atoms with Crippen molar-refractivity contribution in [1.82, 2.24) is 20.2 Å². The zero-order valence-electron chi connectivity index (χ0n) is 13.9. The molecule has 2 aromatic rings. The van der Waals surface area contributed by atoms with Gasteiger partial charge < -0.3 is 5.73 Å². The summed E-state index contributed by atoms with van der Waals surface area (Å²) in [5.41, 5.74) is 7.21. The molecule has 0 aliphatic heterocycles. The van der Waals surface area contributed by atoms with E-state index in [4.69, 9.17) is 28.9 Å². The van der Waals surface area contributed by atoms with E-state index in [-0.39, 0.29) is 6.04 Å². The van der Waals surface area contributed by atoms with Crippen LogP contribution in [0.5, 0.6) is 0 Å². The summed E-state index contributed by atoms with van der Waals surface area (Å²) in [4.78, 5) is 0. The summed E-state index contributed by atoms with van der Waals surface area (Å²) in [6.07, 6.45) is 7.16. The molecule has 1 aromatic heterocycles. The van der Waals surface area contributed by atoms with Crippen molar-refractivity contribution >= 4 is 23.2 Å². The smallest absolute Gasteiger partial charge is 0.171 e. The summed E-state index contributed by atoms with van der Waals surface area (Å²) in [5, 5.41) is 13.8. The molecule has 1 aromatic carbocycles. The van der Waals surface area contributed by atoms with Crippen LogP contribution in [0.3, 0.4) is 0 Å². The monoisotopic (exact) mass is 367 g/mol. The minimum atomic E-state index is -0.452. The Morgan fingerprint density at radius 2 is 2.00 bits per heavy atom. The Bertz CT molecular complexity index is 694. The van der Waals surface area contributed by atoms with E-state index in [2.05, 4.69) is 22.4 Å². The van der Waals surface area contributed by atoms with Crippen molar-refractivity contribution in [2.24, 2.45) is 5.73 Å². The van der Waals surface area contributed by atoms with Gasteiger partial charge >= 0.3 is 0 Å². The number of hydrogen-bond donors (Lipinski definition) is 1. The lowest BCUT2D eigenvalue weighted by Crippen LogP contribution is -2.42. The Morgan fingerprint density at radius 1 is 1.25 bits per heavy atom. The van der Waals surface area contributed by atoms with E-state index < -0.39 is 5.54 Å². The molecule has 0 radical (unpaired) electrons. The maximum atomic E-state index is 6.68. The van der Waals surface area contributed by atoms with Crippen molar-refractivity contribution in [2.45, 2.75) is 63.5 Å². The lowest BCUT2D eigenvalue weighted by molar-refractivity contribution is 0.267. The van der Waals surface area contributed by atoms with Gasteiger partial charge in [0, 0.05) is 10.0 Å². The molecule has 1 aliphatic rings. The Morgan fingerprint density at radius 3 is 2.67 bits per heavy atom. The summed E-state index contributed by atoms with van der Waals surface area (Å²) in [7, 11) is 0. The van der Waals surface area contributed by atoms with E-state index in [0.717, 1.165) is 49.9 Å². The molecule has 0 spiro atoms. The molecular formula is C17H23Cl2N5. The molecule has 5 nitrogen and oxygen atoms in total. The van der Waals surface area contributed by atoms with Gasteiger partial charge in [-0.2, -0.15) is 0 Å². The second-order valence-corrected chi connectivity index (χ2v) is 7.48. The van der Waals surface area contributed by atoms with Crippen molar-refractivity contribution in [1.29, 1.82) is 0 Å². The van der Waals surface area contributed by atoms with Crippen LogP contribution in [0, 0.1) is 0 Å². The minimum Gasteiger partial charge on any atom is -0.319 e. The molecule has 130 valence electrons. The fourth-order valence-corrected chi connectivity index (χ4v) is 4.13. The maximum Gasteiger partial charge on any atom is 0.171 e. The topological polar surface area (TPSA) is 69.6 Å². The summed E-state index contributed by atoms with van der Waals surface area (Å²) >= 11 is 12.5. The van der Waals surface area contributed by atoms with E-state index in [0.29, 0.717) is 10.0 Å². The summed E-state index contributed by atoms with van der Waals surface area (Å²) in [5.74, 6) is 0.770. The van der Waals surface area contributed by atoms with Gasteiger partial charge in [-0.1, -0.05) is 61.9 Å². The fraction of sp³-hybridized carbons (Fsp3) is 0.588. The van der Waals surface area contributed by atoms with Crippen molar-refractivity contribution in [2.75, 3.05) is 0 Å². The van der Waals surface area contributed by atoms with Crippen molar-refractivity contribution in [3.63, 3.8) is 0 Å². The largest absolute Gasteiger partial charge is 0.319 e.